The molecular weight excluding hydrogens is 252 g/mol. The zero-order valence-electron chi connectivity index (χ0n) is 11.6. The van der Waals surface area contributed by atoms with Gasteiger partial charge in [0, 0.05) is 11.4 Å². The molecule has 0 saturated heterocycles. The molecule has 0 radical (unpaired) electrons. The number of nitrogen functional groups attached to an aromatic ring is 1. The first kappa shape index (κ1) is 13.9. The van der Waals surface area contributed by atoms with Crippen molar-refractivity contribution in [3.63, 3.8) is 0 Å². The molecule has 0 aliphatic carbocycles. The molecule has 2 aromatic carbocycles. The Labute approximate surface area is 118 Å². The number of rotatable bonds is 3. The summed E-state index contributed by atoms with van der Waals surface area (Å²) in [4.78, 5) is 11.7. The molecule has 20 heavy (non-hydrogen) atoms. The molecule has 2 aromatic rings. The summed E-state index contributed by atoms with van der Waals surface area (Å²) in [6, 6.07) is 14.4. The van der Waals surface area contributed by atoms with Crippen LogP contribution >= 0.6 is 0 Å². The van der Waals surface area contributed by atoms with E-state index in [-0.39, 0.29) is 0 Å². The number of nitrogens with one attached hydrogen (secondary N) is 1. The molecular formula is C16H18N2O2. The van der Waals surface area contributed by atoms with Crippen LogP contribution in [-0.2, 0) is 0 Å². The lowest BCUT2D eigenvalue weighted by Gasteiger charge is -2.09. The third kappa shape index (κ3) is 3.75. The Morgan fingerprint density at radius 2 is 1.65 bits per heavy atom. The summed E-state index contributed by atoms with van der Waals surface area (Å²) in [5.74, 6) is 0.918. The molecule has 0 fully saturated rings. The summed E-state index contributed by atoms with van der Waals surface area (Å²) in [6.45, 7) is 4.25. The van der Waals surface area contributed by atoms with Crippen LogP contribution in [-0.4, -0.2) is 6.09 Å². The topological polar surface area (TPSA) is 64.3 Å². The average Bonchev–Trinajstić information content (AvgIpc) is 2.42. The van der Waals surface area contributed by atoms with Gasteiger partial charge in [-0.05, 0) is 47.9 Å². The maximum Gasteiger partial charge on any atom is 0.417 e. The van der Waals surface area contributed by atoms with E-state index >= 15 is 0 Å². The Bertz CT molecular complexity index is 574. The smallest absolute Gasteiger partial charge is 0.410 e. The van der Waals surface area contributed by atoms with E-state index in [2.05, 4.69) is 19.2 Å². The number of carbonyl (C=O) groups excluding carboxylic acids is 1. The van der Waals surface area contributed by atoms with Gasteiger partial charge in [0.25, 0.3) is 0 Å². The minimum absolute atomic E-state index is 0.454. The van der Waals surface area contributed by atoms with Gasteiger partial charge < -0.3 is 10.5 Å². The normalized spacial score (nSPS) is 10.3. The molecule has 0 spiro atoms. The average molecular weight is 270 g/mol. The third-order valence-corrected chi connectivity index (χ3v) is 2.91. The number of ether oxygens (including phenoxy) is 1. The van der Waals surface area contributed by atoms with Gasteiger partial charge in [-0.25, -0.2) is 4.79 Å². The predicted molar refractivity (Wildman–Crippen MR) is 81.0 cm³/mol. The summed E-state index contributed by atoms with van der Waals surface area (Å²) in [5.41, 5.74) is 8.12. The lowest BCUT2D eigenvalue weighted by molar-refractivity contribution is 0.215. The molecule has 4 heteroatoms. The van der Waals surface area contributed by atoms with E-state index in [0.29, 0.717) is 23.0 Å². The minimum Gasteiger partial charge on any atom is -0.410 e. The van der Waals surface area contributed by atoms with Crippen molar-refractivity contribution < 1.29 is 9.53 Å². The Balaban J connectivity index is 1.95. The highest BCUT2D eigenvalue weighted by molar-refractivity contribution is 5.86. The quantitative estimate of drug-likeness (QED) is 0.828. The number of anilines is 2. The second kappa shape index (κ2) is 6.10. The molecule has 3 N–H and O–H groups in total. The zero-order chi connectivity index (χ0) is 14.5. The van der Waals surface area contributed by atoms with Gasteiger partial charge in [-0.1, -0.05) is 26.0 Å². The van der Waals surface area contributed by atoms with E-state index in [1.54, 1.807) is 24.3 Å². The number of carbonyl (C=O) groups is 1. The predicted octanol–water partition coefficient (Wildman–Crippen LogP) is 4.00. The fraction of sp³-hybridized carbons (Fsp3) is 0.188. The summed E-state index contributed by atoms with van der Waals surface area (Å²) in [6.07, 6.45) is -0.521. The third-order valence-electron chi connectivity index (χ3n) is 2.91. The largest absolute Gasteiger partial charge is 0.417 e. The van der Waals surface area contributed by atoms with Crippen molar-refractivity contribution in [2.24, 2.45) is 0 Å². The van der Waals surface area contributed by atoms with Crippen LogP contribution in [0.4, 0.5) is 16.2 Å². The zero-order valence-corrected chi connectivity index (χ0v) is 11.6. The lowest BCUT2D eigenvalue weighted by atomic mass is 10.0. The van der Waals surface area contributed by atoms with Crippen LogP contribution in [0, 0.1) is 0 Å². The first-order valence-corrected chi connectivity index (χ1v) is 6.49. The molecule has 104 valence electrons. The molecule has 0 atom stereocenters. The van der Waals surface area contributed by atoms with Gasteiger partial charge in [0.15, 0.2) is 0 Å². The van der Waals surface area contributed by atoms with Crippen molar-refractivity contribution in [1.82, 2.24) is 0 Å². The maximum atomic E-state index is 11.7. The van der Waals surface area contributed by atoms with Crippen LogP contribution in [0.1, 0.15) is 25.3 Å². The number of hydrogen-bond acceptors (Lipinski definition) is 3. The maximum absolute atomic E-state index is 11.7. The highest BCUT2D eigenvalue weighted by Crippen LogP contribution is 2.18. The minimum atomic E-state index is -0.521. The second-order valence-corrected chi connectivity index (χ2v) is 4.86. The van der Waals surface area contributed by atoms with E-state index in [4.69, 9.17) is 10.5 Å². The monoisotopic (exact) mass is 270 g/mol. The van der Waals surface area contributed by atoms with Crippen LogP contribution in [0.5, 0.6) is 5.75 Å². The van der Waals surface area contributed by atoms with E-state index in [9.17, 15) is 4.79 Å². The number of benzene rings is 2. The van der Waals surface area contributed by atoms with Crippen molar-refractivity contribution in [1.29, 1.82) is 0 Å². The van der Waals surface area contributed by atoms with E-state index in [1.165, 1.54) is 5.56 Å². The molecule has 0 bridgehead atoms. The molecule has 4 nitrogen and oxygen atoms in total. The fourth-order valence-corrected chi connectivity index (χ4v) is 1.74. The lowest BCUT2D eigenvalue weighted by Crippen LogP contribution is -2.16. The van der Waals surface area contributed by atoms with Gasteiger partial charge in [0.1, 0.15) is 5.75 Å². The highest BCUT2D eigenvalue weighted by atomic mass is 16.6. The van der Waals surface area contributed by atoms with Crippen LogP contribution < -0.4 is 15.8 Å². The number of hydrogen-bond donors (Lipinski definition) is 2. The highest BCUT2D eigenvalue weighted by Gasteiger charge is 2.05. The Hall–Kier alpha value is -2.49. The van der Waals surface area contributed by atoms with Crippen molar-refractivity contribution >= 4 is 17.5 Å². The molecule has 2 rings (SSSR count). The van der Waals surface area contributed by atoms with Gasteiger partial charge >= 0.3 is 6.09 Å². The van der Waals surface area contributed by atoms with Gasteiger partial charge in [-0.2, -0.15) is 0 Å². The van der Waals surface area contributed by atoms with Crippen molar-refractivity contribution in [3.8, 4) is 5.75 Å². The number of nitrogens with two attached hydrogens (primary N) is 1. The first-order valence-electron chi connectivity index (χ1n) is 6.49. The van der Waals surface area contributed by atoms with Gasteiger partial charge in [-0.15, -0.1) is 0 Å². The first-order chi connectivity index (χ1) is 9.54. The molecule has 0 unspecified atom stereocenters. The Kier molecular flexibility index (Phi) is 4.25. The molecule has 0 saturated carbocycles. The van der Waals surface area contributed by atoms with E-state index in [0.717, 1.165) is 0 Å². The van der Waals surface area contributed by atoms with Gasteiger partial charge in [-0.3, -0.25) is 5.32 Å². The van der Waals surface area contributed by atoms with E-state index in [1.807, 2.05) is 24.3 Å². The van der Waals surface area contributed by atoms with Crippen LogP contribution in [0.2, 0.25) is 0 Å². The molecule has 1 amide bonds. The van der Waals surface area contributed by atoms with Crippen LogP contribution in [0.15, 0.2) is 48.5 Å². The van der Waals surface area contributed by atoms with Crippen molar-refractivity contribution in [2.75, 3.05) is 11.1 Å². The van der Waals surface area contributed by atoms with Crippen molar-refractivity contribution in [2.45, 2.75) is 19.8 Å². The van der Waals surface area contributed by atoms with Gasteiger partial charge in [0.05, 0.1) is 0 Å². The summed E-state index contributed by atoms with van der Waals surface area (Å²) in [7, 11) is 0. The number of amides is 1. The molecule has 0 aromatic heterocycles. The molecule has 0 aliphatic heterocycles. The van der Waals surface area contributed by atoms with Crippen molar-refractivity contribution in [3.05, 3.63) is 54.1 Å². The fourth-order valence-electron chi connectivity index (χ4n) is 1.74. The van der Waals surface area contributed by atoms with Crippen LogP contribution in [0.25, 0.3) is 0 Å². The second-order valence-electron chi connectivity index (χ2n) is 4.86. The Morgan fingerprint density at radius 3 is 2.20 bits per heavy atom. The molecule has 0 heterocycles. The van der Waals surface area contributed by atoms with Gasteiger partial charge in [0.2, 0.25) is 0 Å². The summed E-state index contributed by atoms with van der Waals surface area (Å²) >= 11 is 0. The summed E-state index contributed by atoms with van der Waals surface area (Å²) < 4.78 is 5.15. The SMILES string of the molecule is CC(C)c1ccc(NC(=O)Oc2ccc(N)cc2)cc1. The van der Waals surface area contributed by atoms with E-state index < -0.39 is 6.09 Å². The summed E-state index contributed by atoms with van der Waals surface area (Å²) in [5, 5.41) is 2.68. The standard InChI is InChI=1S/C16H18N2O2/c1-11(2)12-3-7-14(8-4-12)18-16(19)20-15-9-5-13(17)6-10-15/h3-11H,17H2,1-2H3,(H,18,19). The Morgan fingerprint density at radius 1 is 1.05 bits per heavy atom. The van der Waals surface area contributed by atoms with Crippen LogP contribution in [0.3, 0.4) is 0 Å². The molecule has 0 aliphatic rings.